The zero-order valence-corrected chi connectivity index (χ0v) is 14.6. The summed E-state index contributed by atoms with van der Waals surface area (Å²) in [5.74, 6) is 0.569. The SMILES string of the molecule is CCN(c1ccccc1)c1ccc(NC(=O)c2ccccc2Cl)cn1. The van der Waals surface area contributed by atoms with Crippen LogP contribution in [-0.4, -0.2) is 17.4 Å². The Morgan fingerprint density at radius 2 is 1.76 bits per heavy atom. The van der Waals surface area contributed by atoms with E-state index in [2.05, 4.69) is 22.1 Å². The smallest absolute Gasteiger partial charge is 0.257 e. The number of hydrogen-bond acceptors (Lipinski definition) is 3. The minimum Gasteiger partial charge on any atom is -0.327 e. The summed E-state index contributed by atoms with van der Waals surface area (Å²) in [6.07, 6.45) is 1.65. The molecule has 1 aromatic heterocycles. The van der Waals surface area contributed by atoms with Crippen molar-refractivity contribution in [3.63, 3.8) is 0 Å². The molecule has 0 unspecified atom stereocenters. The molecule has 25 heavy (non-hydrogen) atoms. The number of nitrogens with zero attached hydrogens (tertiary/aromatic N) is 2. The van der Waals surface area contributed by atoms with Gasteiger partial charge >= 0.3 is 0 Å². The summed E-state index contributed by atoms with van der Waals surface area (Å²) in [6.45, 7) is 2.87. The number of benzene rings is 2. The quantitative estimate of drug-likeness (QED) is 0.691. The first kappa shape index (κ1) is 17.0. The van der Waals surface area contributed by atoms with E-state index in [1.54, 1.807) is 30.5 Å². The molecule has 5 heteroatoms. The lowest BCUT2D eigenvalue weighted by atomic mass is 10.2. The topological polar surface area (TPSA) is 45.2 Å². The number of amides is 1. The highest BCUT2D eigenvalue weighted by molar-refractivity contribution is 6.34. The highest BCUT2D eigenvalue weighted by Gasteiger charge is 2.11. The van der Waals surface area contributed by atoms with Crippen molar-refractivity contribution in [3.05, 3.63) is 83.5 Å². The van der Waals surface area contributed by atoms with E-state index >= 15 is 0 Å². The zero-order valence-electron chi connectivity index (χ0n) is 13.8. The van der Waals surface area contributed by atoms with Crippen LogP contribution in [0.2, 0.25) is 5.02 Å². The summed E-state index contributed by atoms with van der Waals surface area (Å²) in [7, 11) is 0. The van der Waals surface area contributed by atoms with Gasteiger partial charge in [-0.2, -0.15) is 0 Å². The van der Waals surface area contributed by atoms with Crippen LogP contribution in [0.3, 0.4) is 0 Å². The van der Waals surface area contributed by atoms with Crippen molar-refractivity contribution in [1.29, 1.82) is 0 Å². The Kier molecular flexibility index (Phi) is 5.31. The predicted molar refractivity (Wildman–Crippen MR) is 103 cm³/mol. The van der Waals surface area contributed by atoms with Gasteiger partial charge in [0.15, 0.2) is 0 Å². The van der Waals surface area contributed by atoms with E-state index in [0.717, 1.165) is 18.1 Å². The first-order chi connectivity index (χ1) is 12.2. The third kappa shape index (κ3) is 3.98. The fraction of sp³-hybridized carbons (Fsp3) is 0.100. The van der Waals surface area contributed by atoms with Crippen LogP contribution >= 0.6 is 11.6 Å². The van der Waals surface area contributed by atoms with Crippen molar-refractivity contribution >= 4 is 34.7 Å². The number of anilines is 3. The second kappa shape index (κ2) is 7.81. The minimum absolute atomic E-state index is 0.254. The summed E-state index contributed by atoms with van der Waals surface area (Å²) in [6, 6.07) is 20.7. The number of rotatable bonds is 5. The summed E-state index contributed by atoms with van der Waals surface area (Å²) < 4.78 is 0. The number of aromatic nitrogens is 1. The van der Waals surface area contributed by atoms with Crippen LogP contribution in [0.25, 0.3) is 0 Å². The van der Waals surface area contributed by atoms with Crippen LogP contribution in [0.4, 0.5) is 17.2 Å². The van der Waals surface area contributed by atoms with Crippen molar-refractivity contribution in [2.45, 2.75) is 6.92 Å². The van der Waals surface area contributed by atoms with E-state index in [-0.39, 0.29) is 5.91 Å². The number of carbonyl (C=O) groups excluding carboxylic acids is 1. The third-order valence-electron chi connectivity index (χ3n) is 3.78. The number of carbonyl (C=O) groups is 1. The van der Waals surface area contributed by atoms with Crippen molar-refractivity contribution in [2.75, 3.05) is 16.8 Å². The summed E-state index contributed by atoms with van der Waals surface area (Å²) in [4.78, 5) is 18.9. The molecule has 0 aliphatic heterocycles. The van der Waals surface area contributed by atoms with E-state index < -0.39 is 0 Å². The monoisotopic (exact) mass is 351 g/mol. The van der Waals surface area contributed by atoms with Crippen molar-refractivity contribution in [3.8, 4) is 0 Å². The van der Waals surface area contributed by atoms with Gasteiger partial charge in [0.1, 0.15) is 5.82 Å². The minimum atomic E-state index is -0.254. The maximum absolute atomic E-state index is 12.3. The van der Waals surface area contributed by atoms with E-state index in [0.29, 0.717) is 16.3 Å². The fourth-order valence-corrected chi connectivity index (χ4v) is 2.77. The molecule has 0 fully saturated rings. The highest BCUT2D eigenvalue weighted by atomic mass is 35.5. The molecule has 0 aliphatic carbocycles. The number of pyridine rings is 1. The maximum atomic E-state index is 12.3. The second-order valence-electron chi connectivity index (χ2n) is 5.42. The van der Waals surface area contributed by atoms with Gasteiger partial charge in [-0.3, -0.25) is 4.79 Å². The van der Waals surface area contributed by atoms with Crippen LogP contribution in [0.5, 0.6) is 0 Å². The van der Waals surface area contributed by atoms with Crippen LogP contribution in [0.1, 0.15) is 17.3 Å². The maximum Gasteiger partial charge on any atom is 0.257 e. The molecular formula is C20H18ClN3O. The molecule has 0 saturated heterocycles. The Morgan fingerprint density at radius 3 is 2.40 bits per heavy atom. The molecule has 0 atom stereocenters. The van der Waals surface area contributed by atoms with Crippen LogP contribution in [-0.2, 0) is 0 Å². The van der Waals surface area contributed by atoms with Gasteiger partial charge in [0.2, 0.25) is 0 Å². The standard InChI is InChI=1S/C20H18ClN3O/c1-2-24(16-8-4-3-5-9-16)19-13-12-15(14-22-19)23-20(25)17-10-6-7-11-18(17)21/h3-14H,2H2,1H3,(H,23,25). The molecule has 2 aromatic carbocycles. The Bertz CT molecular complexity index is 850. The molecular weight excluding hydrogens is 334 g/mol. The molecule has 4 nitrogen and oxygen atoms in total. The van der Waals surface area contributed by atoms with Gasteiger partial charge in [0.05, 0.1) is 22.5 Å². The van der Waals surface area contributed by atoms with Crippen LogP contribution in [0.15, 0.2) is 72.9 Å². The lowest BCUT2D eigenvalue weighted by Crippen LogP contribution is -2.17. The number of hydrogen-bond donors (Lipinski definition) is 1. The molecule has 1 amide bonds. The Balaban J connectivity index is 1.76. The van der Waals surface area contributed by atoms with E-state index in [1.165, 1.54) is 0 Å². The lowest BCUT2D eigenvalue weighted by molar-refractivity contribution is 0.102. The summed E-state index contributed by atoms with van der Waals surface area (Å²) in [5, 5.41) is 3.24. The summed E-state index contributed by atoms with van der Waals surface area (Å²) in [5.41, 5.74) is 2.14. The molecule has 0 aliphatic rings. The van der Waals surface area contributed by atoms with Gasteiger partial charge in [-0.15, -0.1) is 0 Å². The highest BCUT2D eigenvalue weighted by Crippen LogP contribution is 2.24. The molecule has 3 aromatic rings. The van der Waals surface area contributed by atoms with Gasteiger partial charge < -0.3 is 10.2 Å². The summed E-state index contributed by atoms with van der Waals surface area (Å²) >= 11 is 6.06. The Hall–Kier alpha value is -2.85. The fourth-order valence-electron chi connectivity index (χ4n) is 2.55. The van der Waals surface area contributed by atoms with Crippen molar-refractivity contribution < 1.29 is 4.79 Å². The van der Waals surface area contributed by atoms with Gasteiger partial charge in [0, 0.05) is 12.2 Å². The molecule has 0 saturated carbocycles. The van der Waals surface area contributed by atoms with E-state index in [9.17, 15) is 4.79 Å². The predicted octanol–water partition coefficient (Wildman–Crippen LogP) is 5.15. The third-order valence-corrected chi connectivity index (χ3v) is 4.11. The second-order valence-corrected chi connectivity index (χ2v) is 5.83. The average molecular weight is 352 g/mol. The first-order valence-corrected chi connectivity index (χ1v) is 8.41. The largest absolute Gasteiger partial charge is 0.327 e. The zero-order chi connectivity index (χ0) is 17.6. The molecule has 1 heterocycles. The Labute approximate surface area is 152 Å². The molecule has 0 radical (unpaired) electrons. The molecule has 3 rings (SSSR count). The van der Waals surface area contributed by atoms with Crippen LogP contribution < -0.4 is 10.2 Å². The average Bonchev–Trinajstić information content (AvgIpc) is 2.65. The molecule has 1 N–H and O–H groups in total. The van der Waals surface area contributed by atoms with E-state index in [4.69, 9.17) is 11.6 Å². The number of nitrogens with one attached hydrogen (secondary N) is 1. The first-order valence-electron chi connectivity index (χ1n) is 8.03. The van der Waals surface area contributed by atoms with Crippen molar-refractivity contribution in [1.82, 2.24) is 4.98 Å². The van der Waals surface area contributed by atoms with Crippen LogP contribution in [0, 0.1) is 0 Å². The number of halogens is 1. The molecule has 126 valence electrons. The normalized spacial score (nSPS) is 10.3. The van der Waals surface area contributed by atoms with E-state index in [1.807, 2.05) is 42.5 Å². The van der Waals surface area contributed by atoms with Gasteiger partial charge in [-0.25, -0.2) is 4.98 Å². The Morgan fingerprint density at radius 1 is 1.04 bits per heavy atom. The van der Waals surface area contributed by atoms with Gasteiger partial charge in [-0.05, 0) is 43.3 Å². The van der Waals surface area contributed by atoms with Gasteiger partial charge in [-0.1, -0.05) is 41.9 Å². The van der Waals surface area contributed by atoms with Gasteiger partial charge in [0.25, 0.3) is 5.91 Å². The van der Waals surface area contributed by atoms with Crippen molar-refractivity contribution in [2.24, 2.45) is 0 Å². The number of para-hydroxylation sites is 1. The molecule has 0 spiro atoms. The lowest BCUT2D eigenvalue weighted by Gasteiger charge is -2.22. The molecule has 0 bridgehead atoms.